The number of ether oxygens (including phenoxy) is 2. The number of carbonyl (C=O) groups excluding carboxylic acids is 2. The fourth-order valence-corrected chi connectivity index (χ4v) is 3.34. The number of esters is 2. The molecule has 0 aliphatic carbocycles. The van der Waals surface area contributed by atoms with Crippen molar-refractivity contribution in [3.8, 4) is 11.1 Å². The summed E-state index contributed by atoms with van der Waals surface area (Å²) in [5.74, 6) is -1.12. The molecule has 9 heteroatoms. The lowest BCUT2D eigenvalue weighted by Crippen LogP contribution is -2.20. The Morgan fingerprint density at radius 3 is 2.50 bits per heavy atom. The molecule has 0 atom stereocenters. The van der Waals surface area contributed by atoms with Gasteiger partial charge < -0.3 is 9.47 Å². The van der Waals surface area contributed by atoms with Crippen LogP contribution in [0.25, 0.3) is 16.8 Å². The number of hydrogen-bond acceptors (Lipinski definition) is 7. The summed E-state index contributed by atoms with van der Waals surface area (Å²) in [5.41, 5.74) is 2.95. The van der Waals surface area contributed by atoms with Crippen LogP contribution >= 0.6 is 11.6 Å². The van der Waals surface area contributed by atoms with Gasteiger partial charge in [-0.3, -0.25) is 4.79 Å². The molecule has 0 unspecified atom stereocenters. The highest BCUT2D eigenvalue weighted by molar-refractivity contribution is 6.30. The maximum Gasteiger partial charge on any atom is 0.360 e. The molecular weight excluding hydrogens is 408 g/mol. The van der Waals surface area contributed by atoms with Gasteiger partial charge >= 0.3 is 11.9 Å². The summed E-state index contributed by atoms with van der Waals surface area (Å²) in [4.78, 5) is 24.7. The summed E-state index contributed by atoms with van der Waals surface area (Å²) in [6, 6.07) is 7.34. The first kappa shape index (κ1) is 21.7. The van der Waals surface area contributed by atoms with Crippen molar-refractivity contribution < 1.29 is 19.1 Å². The molecule has 0 aliphatic heterocycles. The van der Waals surface area contributed by atoms with Gasteiger partial charge in [0.1, 0.15) is 0 Å². The van der Waals surface area contributed by atoms with Gasteiger partial charge in [0.05, 0.1) is 36.6 Å². The first-order valence-electron chi connectivity index (χ1n) is 9.74. The Morgan fingerprint density at radius 2 is 1.87 bits per heavy atom. The minimum atomic E-state index is -0.669. The van der Waals surface area contributed by atoms with Gasteiger partial charge in [-0.15, -0.1) is 10.2 Å². The quantitative estimate of drug-likeness (QED) is 0.525. The Labute approximate surface area is 179 Å². The minimum Gasteiger partial charge on any atom is -0.466 e. The van der Waals surface area contributed by atoms with E-state index < -0.39 is 11.9 Å². The lowest BCUT2D eigenvalue weighted by Gasteiger charge is -2.09. The molecule has 8 nitrogen and oxygen atoms in total. The van der Waals surface area contributed by atoms with Gasteiger partial charge in [-0.1, -0.05) is 37.6 Å². The van der Waals surface area contributed by atoms with Gasteiger partial charge in [-0.05, 0) is 37.5 Å². The van der Waals surface area contributed by atoms with Crippen molar-refractivity contribution in [2.24, 2.45) is 0 Å². The highest BCUT2D eigenvalue weighted by atomic mass is 35.5. The molecule has 2 heterocycles. The van der Waals surface area contributed by atoms with Crippen LogP contribution in [0.15, 0.2) is 24.3 Å². The molecule has 0 fully saturated rings. The second kappa shape index (κ2) is 9.21. The van der Waals surface area contributed by atoms with Gasteiger partial charge in [0.25, 0.3) is 0 Å². The molecule has 30 heavy (non-hydrogen) atoms. The molecule has 0 radical (unpaired) electrons. The largest absolute Gasteiger partial charge is 0.466 e. The molecule has 2 aromatic heterocycles. The number of fused-ring (bicyclic) bond motifs is 1. The van der Waals surface area contributed by atoms with Crippen molar-refractivity contribution >= 4 is 29.2 Å². The molecule has 0 saturated heterocycles. The van der Waals surface area contributed by atoms with E-state index in [0.717, 1.165) is 16.8 Å². The molecule has 158 valence electrons. The summed E-state index contributed by atoms with van der Waals surface area (Å²) >= 11 is 6.20. The van der Waals surface area contributed by atoms with E-state index in [1.54, 1.807) is 19.9 Å². The number of nitrogens with zero attached hydrogens (tertiary/aromatic N) is 4. The number of carbonyl (C=O) groups is 2. The maximum atomic E-state index is 12.5. The number of aromatic nitrogens is 4. The Balaban J connectivity index is 2.30. The Bertz CT molecular complexity index is 1090. The summed E-state index contributed by atoms with van der Waals surface area (Å²) in [6.07, 6.45) is -0.192. The molecule has 0 amide bonds. The van der Waals surface area contributed by atoms with Crippen molar-refractivity contribution in [3.05, 3.63) is 46.4 Å². The monoisotopic (exact) mass is 430 g/mol. The fraction of sp³-hybridized carbons (Fsp3) is 0.381. The number of halogens is 1. The van der Waals surface area contributed by atoms with E-state index in [-0.39, 0.29) is 36.9 Å². The Kier molecular flexibility index (Phi) is 6.66. The molecule has 0 spiro atoms. The normalized spacial score (nSPS) is 11.1. The van der Waals surface area contributed by atoms with Crippen molar-refractivity contribution in [2.45, 2.75) is 40.0 Å². The van der Waals surface area contributed by atoms with Gasteiger partial charge in [-0.25, -0.2) is 9.31 Å². The van der Waals surface area contributed by atoms with Crippen molar-refractivity contribution in [1.82, 2.24) is 19.8 Å². The van der Waals surface area contributed by atoms with E-state index in [4.69, 9.17) is 26.2 Å². The van der Waals surface area contributed by atoms with Crippen LogP contribution in [-0.4, -0.2) is 45.0 Å². The van der Waals surface area contributed by atoms with Gasteiger partial charge in [-0.2, -0.15) is 5.10 Å². The third-order valence-electron chi connectivity index (χ3n) is 4.41. The van der Waals surface area contributed by atoms with E-state index in [0.29, 0.717) is 10.7 Å². The lowest BCUT2D eigenvalue weighted by atomic mass is 9.99. The molecule has 0 N–H and O–H groups in total. The highest BCUT2D eigenvalue weighted by Gasteiger charge is 2.27. The predicted octanol–water partition coefficient (Wildman–Crippen LogP) is 3.85. The van der Waals surface area contributed by atoms with Crippen molar-refractivity contribution in [1.29, 1.82) is 0 Å². The molecule has 0 aliphatic rings. The fourth-order valence-electron chi connectivity index (χ4n) is 3.15. The molecule has 1 aromatic carbocycles. The Morgan fingerprint density at radius 1 is 1.13 bits per heavy atom. The van der Waals surface area contributed by atoms with Crippen LogP contribution in [0.4, 0.5) is 0 Å². The van der Waals surface area contributed by atoms with Crippen LogP contribution in [0, 0.1) is 0 Å². The molecule has 0 bridgehead atoms. The zero-order valence-corrected chi connectivity index (χ0v) is 18.1. The second-order valence-electron chi connectivity index (χ2n) is 6.86. The summed E-state index contributed by atoms with van der Waals surface area (Å²) < 4.78 is 11.7. The van der Waals surface area contributed by atoms with E-state index in [1.165, 1.54) is 4.52 Å². The number of benzene rings is 1. The van der Waals surface area contributed by atoms with Crippen LogP contribution in [0.3, 0.4) is 0 Å². The van der Waals surface area contributed by atoms with Crippen LogP contribution in [0.2, 0.25) is 5.02 Å². The van der Waals surface area contributed by atoms with E-state index in [1.807, 2.05) is 32.0 Å². The lowest BCUT2D eigenvalue weighted by molar-refractivity contribution is -0.142. The van der Waals surface area contributed by atoms with Crippen molar-refractivity contribution in [2.75, 3.05) is 13.2 Å². The molecule has 0 saturated carbocycles. The van der Waals surface area contributed by atoms with Crippen LogP contribution in [0.5, 0.6) is 0 Å². The third kappa shape index (κ3) is 4.28. The number of hydrogen-bond donors (Lipinski definition) is 0. The van der Waals surface area contributed by atoms with Gasteiger partial charge in [0.2, 0.25) is 0 Å². The van der Waals surface area contributed by atoms with Gasteiger partial charge in [0.15, 0.2) is 11.3 Å². The van der Waals surface area contributed by atoms with E-state index >= 15 is 0 Å². The summed E-state index contributed by atoms with van der Waals surface area (Å²) in [6.45, 7) is 7.80. The smallest absolute Gasteiger partial charge is 0.360 e. The number of rotatable bonds is 7. The Hall–Kier alpha value is -3.00. The average Bonchev–Trinajstić information content (AvgIpc) is 3.09. The summed E-state index contributed by atoms with van der Waals surface area (Å²) in [7, 11) is 0. The topological polar surface area (TPSA) is 95.7 Å². The second-order valence-corrected chi connectivity index (χ2v) is 7.29. The predicted molar refractivity (Wildman–Crippen MR) is 112 cm³/mol. The highest BCUT2D eigenvalue weighted by Crippen LogP contribution is 2.33. The van der Waals surface area contributed by atoms with Crippen LogP contribution in [-0.2, 0) is 20.7 Å². The first-order valence-corrected chi connectivity index (χ1v) is 10.1. The SMILES string of the molecule is CCOC(=O)Cc1c(C(=O)OCC)nnc2c(-c3cccc(Cl)c3)c(C(C)C)nn12. The standard InChI is InChI=1S/C21H23ClN4O4/c1-5-29-16(27)11-15-19(21(28)30-6-2)23-24-20-17(13-8-7-9-14(22)10-13)18(12(3)4)25-26(15)20/h7-10,12H,5-6,11H2,1-4H3. The molecule has 3 rings (SSSR count). The average molecular weight is 431 g/mol. The third-order valence-corrected chi connectivity index (χ3v) is 4.64. The van der Waals surface area contributed by atoms with Gasteiger partial charge in [0, 0.05) is 5.02 Å². The zero-order valence-electron chi connectivity index (χ0n) is 17.3. The van der Waals surface area contributed by atoms with E-state index in [9.17, 15) is 9.59 Å². The minimum absolute atomic E-state index is 0.0437. The first-order chi connectivity index (χ1) is 14.4. The summed E-state index contributed by atoms with van der Waals surface area (Å²) in [5, 5.41) is 13.6. The van der Waals surface area contributed by atoms with E-state index in [2.05, 4.69) is 10.2 Å². The molecular formula is C21H23ClN4O4. The van der Waals surface area contributed by atoms with Crippen LogP contribution < -0.4 is 0 Å². The maximum absolute atomic E-state index is 12.5. The zero-order chi connectivity index (χ0) is 21.8. The van der Waals surface area contributed by atoms with Crippen LogP contribution in [0.1, 0.15) is 55.5 Å². The molecule has 3 aromatic rings. The van der Waals surface area contributed by atoms with Crippen molar-refractivity contribution in [3.63, 3.8) is 0 Å².